The van der Waals surface area contributed by atoms with Crippen molar-refractivity contribution in [3.05, 3.63) is 0 Å². The molecule has 0 aromatic carbocycles. The summed E-state index contributed by atoms with van der Waals surface area (Å²) in [5.41, 5.74) is -1.00. The Bertz CT molecular complexity index is 215. The number of hydrogen-bond acceptors (Lipinski definition) is 3. The van der Waals surface area contributed by atoms with Crippen molar-refractivity contribution in [3.63, 3.8) is 0 Å². The van der Waals surface area contributed by atoms with Crippen LogP contribution in [0.4, 0.5) is 0 Å². The van der Waals surface area contributed by atoms with E-state index in [1.807, 2.05) is 19.9 Å². The molecule has 0 aromatic heterocycles. The summed E-state index contributed by atoms with van der Waals surface area (Å²) < 4.78 is 5.00. The first-order chi connectivity index (χ1) is 5.93. The first-order valence-corrected chi connectivity index (χ1v) is 4.57. The third-order valence-electron chi connectivity index (χ3n) is 1.75. The number of nitrogens with zero attached hydrogens (tertiary/aromatic N) is 1. The van der Waals surface area contributed by atoms with Crippen LogP contribution in [0.5, 0.6) is 0 Å². The van der Waals surface area contributed by atoms with E-state index in [2.05, 4.69) is 0 Å². The van der Waals surface area contributed by atoms with Gasteiger partial charge >= 0.3 is 5.97 Å². The summed E-state index contributed by atoms with van der Waals surface area (Å²) in [5.74, 6) is -0.397. The lowest BCUT2D eigenvalue weighted by Gasteiger charge is -2.19. The SMILES string of the molecule is CCCC(C)C(=O)OC(C)(C)C#N. The van der Waals surface area contributed by atoms with Gasteiger partial charge in [-0.1, -0.05) is 20.3 Å². The minimum absolute atomic E-state index is 0.113. The van der Waals surface area contributed by atoms with Gasteiger partial charge in [0.25, 0.3) is 0 Å². The molecule has 1 atom stereocenters. The van der Waals surface area contributed by atoms with E-state index in [1.54, 1.807) is 13.8 Å². The van der Waals surface area contributed by atoms with Crippen LogP contribution >= 0.6 is 0 Å². The Kier molecular flexibility index (Phi) is 4.47. The van der Waals surface area contributed by atoms with E-state index in [9.17, 15) is 4.79 Å². The Morgan fingerprint density at radius 3 is 2.54 bits per heavy atom. The van der Waals surface area contributed by atoms with Gasteiger partial charge in [0.1, 0.15) is 6.07 Å². The lowest BCUT2D eigenvalue weighted by atomic mass is 10.1. The standard InChI is InChI=1S/C10H17NO2/c1-5-6-8(2)9(12)13-10(3,4)7-11/h8H,5-6H2,1-4H3. The molecule has 0 spiro atoms. The van der Waals surface area contributed by atoms with Gasteiger partial charge in [0, 0.05) is 0 Å². The van der Waals surface area contributed by atoms with E-state index in [1.165, 1.54) is 0 Å². The third-order valence-corrected chi connectivity index (χ3v) is 1.75. The molecule has 74 valence electrons. The predicted octanol–water partition coefficient (Wildman–Crippen LogP) is 2.27. The van der Waals surface area contributed by atoms with E-state index < -0.39 is 5.60 Å². The van der Waals surface area contributed by atoms with E-state index in [4.69, 9.17) is 10.00 Å². The van der Waals surface area contributed by atoms with Crippen LogP contribution in [0.15, 0.2) is 0 Å². The minimum atomic E-state index is -1.00. The summed E-state index contributed by atoms with van der Waals surface area (Å²) in [4.78, 5) is 11.3. The summed E-state index contributed by atoms with van der Waals surface area (Å²) in [7, 11) is 0. The first-order valence-electron chi connectivity index (χ1n) is 4.57. The molecule has 0 saturated carbocycles. The Morgan fingerprint density at radius 2 is 2.15 bits per heavy atom. The quantitative estimate of drug-likeness (QED) is 0.628. The molecule has 0 N–H and O–H groups in total. The number of ether oxygens (including phenoxy) is 1. The highest BCUT2D eigenvalue weighted by Crippen LogP contribution is 2.14. The van der Waals surface area contributed by atoms with Crippen LogP contribution in [0.2, 0.25) is 0 Å². The van der Waals surface area contributed by atoms with Crippen LogP contribution in [0.1, 0.15) is 40.5 Å². The summed E-state index contributed by atoms with van der Waals surface area (Å²) >= 11 is 0. The van der Waals surface area contributed by atoms with Crippen LogP contribution in [0, 0.1) is 17.2 Å². The van der Waals surface area contributed by atoms with Gasteiger partial charge in [-0.2, -0.15) is 5.26 Å². The van der Waals surface area contributed by atoms with Crippen LogP contribution in [-0.2, 0) is 9.53 Å². The Labute approximate surface area is 79.7 Å². The average molecular weight is 183 g/mol. The van der Waals surface area contributed by atoms with Crippen molar-refractivity contribution in [3.8, 4) is 6.07 Å². The fourth-order valence-electron chi connectivity index (χ4n) is 0.926. The van der Waals surface area contributed by atoms with Gasteiger partial charge in [-0.05, 0) is 20.3 Å². The van der Waals surface area contributed by atoms with E-state index in [0.29, 0.717) is 0 Å². The normalized spacial score (nSPS) is 13.2. The van der Waals surface area contributed by atoms with Gasteiger partial charge in [-0.3, -0.25) is 4.79 Å². The number of carbonyl (C=O) groups is 1. The Morgan fingerprint density at radius 1 is 1.62 bits per heavy atom. The number of carbonyl (C=O) groups excluding carboxylic acids is 1. The fourth-order valence-corrected chi connectivity index (χ4v) is 0.926. The van der Waals surface area contributed by atoms with Gasteiger partial charge < -0.3 is 4.74 Å². The number of nitriles is 1. The monoisotopic (exact) mass is 183 g/mol. The summed E-state index contributed by atoms with van der Waals surface area (Å²) in [6.07, 6.45) is 1.75. The fraction of sp³-hybridized carbons (Fsp3) is 0.800. The highest BCUT2D eigenvalue weighted by atomic mass is 16.6. The van der Waals surface area contributed by atoms with Crippen molar-refractivity contribution >= 4 is 5.97 Å². The molecule has 0 aliphatic heterocycles. The van der Waals surface area contributed by atoms with Crippen LogP contribution < -0.4 is 0 Å². The molecular formula is C10H17NO2. The Hall–Kier alpha value is -1.04. The molecule has 3 nitrogen and oxygen atoms in total. The van der Waals surface area contributed by atoms with Crippen molar-refractivity contribution in [1.82, 2.24) is 0 Å². The number of esters is 1. The lowest BCUT2D eigenvalue weighted by Crippen LogP contribution is -2.29. The van der Waals surface area contributed by atoms with E-state index in [-0.39, 0.29) is 11.9 Å². The molecule has 0 fully saturated rings. The van der Waals surface area contributed by atoms with Gasteiger partial charge in [-0.25, -0.2) is 0 Å². The smallest absolute Gasteiger partial charge is 0.310 e. The maximum Gasteiger partial charge on any atom is 0.310 e. The van der Waals surface area contributed by atoms with E-state index in [0.717, 1.165) is 12.8 Å². The predicted molar refractivity (Wildman–Crippen MR) is 49.9 cm³/mol. The summed E-state index contributed by atoms with van der Waals surface area (Å²) in [6.45, 7) is 7.01. The highest BCUT2D eigenvalue weighted by Gasteiger charge is 2.24. The van der Waals surface area contributed by atoms with Gasteiger partial charge in [-0.15, -0.1) is 0 Å². The molecule has 0 aliphatic rings. The number of hydrogen-bond donors (Lipinski definition) is 0. The molecule has 0 aliphatic carbocycles. The molecule has 0 heterocycles. The van der Waals surface area contributed by atoms with Crippen LogP contribution in [0.25, 0.3) is 0 Å². The van der Waals surface area contributed by atoms with Gasteiger partial charge in [0.2, 0.25) is 0 Å². The topological polar surface area (TPSA) is 50.1 Å². The van der Waals surface area contributed by atoms with Crippen molar-refractivity contribution < 1.29 is 9.53 Å². The zero-order valence-corrected chi connectivity index (χ0v) is 8.76. The largest absolute Gasteiger partial charge is 0.444 e. The van der Waals surface area contributed by atoms with E-state index >= 15 is 0 Å². The molecular weight excluding hydrogens is 166 g/mol. The minimum Gasteiger partial charge on any atom is -0.444 e. The average Bonchev–Trinajstić information content (AvgIpc) is 2.04. The molecule has 0 amide bonds. The second kappa shape index (κ2) is 4.86. The molecule has 0 saturated heterocycles. The van der Waals surface area contributed by atoms with Gasteiger partial charge in [0.05, 0.1) is 5.92 Å². The maximum atomic E-state index is 11.3. The van der Waals surface area contributed by atoms with Crippen LogP contribution in [-0.4, -0.2) is 11.6 Å². The molecule has 13 heavy (non-hydrogen) atoms. The van der Waals surface area contributed by atoms with Crippen molar-refractivity contribution in [2.45, 2.75) is 46.1 Å². The molecule has 0 bridgehead atoms. The second-order valence-electron chi connectivity index (χ2n) is 3.73. The van der Waals surface area contributed by atoms with Crippen LogP contribution in [0.3, 0.4) is 0 Å². The third kappa shape index (κ3) is 4.51. The highest BCUT2D eigenvalue weighted by molar-refractivity contribution is 5.72. The van der Waals surface area contributed by atoms with Crippen molar-refractivity contribution in [2.24, 2.45) is 5.92 Å². The summed E-state index contributed by atoms with van der Waals surface area (Å²) in [5, 5.41) is 8.63. The second-order valence-corrected chi connectivity index (χ2v) is 3.73. The maximum absolute atomic E-state index is 11.3. The zero-order valence-electron chi connectivity index (χ0n) is 8.76. The van der Waals surface area contributed by atoms with Crippen molar-refractivity contribution in [1.29, 1.82) is 5.26 Å². The van der Waals surface area contributed by atoms with Gasteiger partial charge in [0.15, 0.2) is 5.60 Å². The van der Waals surface area contributed by atoms with Crippen molar-refractivity contribution in [2.75, 3.05) is 0 Å². The first kappa shape index (κ1) is 12.0. The molecule has 0 rings (SSSR count). The lowest BCUT2D eigenvalue weighted by molar-refractivity contribution is -0.156. The zero-order chi connectivity index (χ0) is 10.5. The number of rotatable bonds is 4. The summed E-state index contributed by atoms with van der Waals surface area (Å²) in [6, 6.07) is 1.93. The molecule has 0 aromatic rings. The molecule has 1 unspecified atom stereocenters. The molecule has 0 radical (unpaired) electrons. The Balaban J connectivity index is 4.09. The molecule has 3 heteroatoms.